The zero-order valence-electron chi connectivity index (χ0n) is 13.3. The monoisotopic (exact) mass is 279 g/mol. The lowest BCUT2D eigenvalue weighted by Crippen LogP contribution is -2.46. The standard InChI is InChI=1S/C16H29N3O/c1-5-14(17)16(15-9-8-12(2)20-15)19-10-6-7-13(19)11-18(3)4/h8-9,13-14,16H,5-7,10-11,17H2,1-4H3. The fourth-order valence-electron chi connectivity index (χ4n) is 3.30. The predicted octanol–water partition coefficient (Wildman–Crippen LogP) is 2.39. The van der Waals surface area contributed by atoms with Crippen molar-refractivity contribution >= 4 is 0 Å². The minimum atomic E-state index is 0.128. The van der Waals surface area contributed by atoms with E-state index in [2.05, 4.69) is 36.9 Å². The van der Waals surface area contributed by atoms with Crippen LogP contribution in [0.25, 0.3) is 0 Å². The molecule has 0 bridgehead atoms. The maximum Gasteiger partial charge on any atom is 0.122 e. The minimum absolute atomic E-state index is 0.128. The molecule has 0 spiro atoms. The van der Waals surface area contributed by atoms with Gasteiger partial charge in [-0.05, 0) is 59.0 Å². The summed E-state index contributed by atoms with van der Waals surface area (Å²) < 4.78 is 5.90. The van der Waals surface area contributed by atoms with Gasteiger partial charge in [0.25, 0.3) is 0 Å². The van der Waals surface area contributed by atoms with E-state index in [0.717, 1.165) is 31.0 Å². The Morgan fingerprint density at radius 2 is 2.20 bits per heavy atom. The van der Waals surface area contributed by atoms with Crippen LogP contribution in [0, 0.1) is 6.92 Å². The van der Waals surface area contributed by atoms with Crippen molar-refractivity contribution in [2.24, 2.45) is 5.73 Å². The van der Waals surface area contributed by atoms with Gasteiger partial charge in [-0.2, -0.15) is 0 Å². The molecule has 1 aliphatic heterocycles. The molecule has 1 saturated heterocycles. The minimum Gasteiger partial charge on any atom is -0.465 e. The molecule has 3 atom stereocenters. The molecule has 4 nitrogen and oxygen atoms in total. The van der Waals surface area contributed by atoms with Crippen LogP contribution in [0.1, 0.15) is 43.7 Å². The number of nitrogens with zero attached hydrogens (tertiary/aromatic N) is 2. The molecule has 2 heterocycles. The van der Waals surface area contributed by atoms with Gasteiger partial charge in [-0.15, -0.1) is 0 Å². The molecule has 4 heteroatoms. The number of hydrogen-bond donors (Lipinski definition) is 1. The van der Waals surface area contributed by atoms with E-state index < -0.39 is 0 Å². The van der Waals surface area contributed by atoms with Crippen LogP contribution in [0.2, 0.25) is 0 Å². The predicted molar refractivity (Wildman–Crippen MR) is 82.7 cm³/mol. The fraction of sp³-hybridized carbons (Fsp3) is 0.750. The van der Waals surface area contributed by atoms with Crippen LogP contribution in [0.5, 0.6) is 0 Å². The van der Waals surface area contributed by atoms with Crippen molar-refractivity contribution in [2.45, 2.75) is 51.2 Å². The Hall–Kier alpha value is -0.840. The molecule has 0 saturated carbocycles. The van der Waals surface area contributed by atoms with E-state index in [1.807, 2.05) is 13.0 Å². The van der Waals surface area contributed by atoms with Crippen molar-refractivity contribution in [2.75, 3.05) is 27.2 Å². The second-order valence-corrected chi connectivity index (χ2v) is 6.26. The van der Waals surface area contributed by atoms with Gasteiger partial charge in [0, 0.05) is 18.6 Å². The lowest BCUT2D eigenvalue weighted by Gasteiger charge is -2.36. The molecule has 1 fully saturated rings. The van der Waals surface area contributed by atoms with Crippen LogP contribution < -0.4 is 5.73 Å². The van der Waals surface area contributed by atoms with Crippen molar-refractivity contribution in [1.82, 2.24) is 9.80 Å². The van der Waals surface area contributed by atoms with E-state index >= 15 is 0 Å². The molecular formula is C16H29N3O. The number of nitrogens with two attached hydrogens (primary N) is 1. The maximum absolute atomic E-state index is 6.42. The fourth-order valence-corrected chi connectivity index (χ4v) is 3.30. The van der Waals surface area contributed by atoms with Crippen molar-refractivity contribution in [3.05, 3.63) is 23.7 Å². The van der Waals surface area contributed by atoms with Crippen LogP contribution in [0.3, 0.4) is 0 Å². The summed E-state index contributed by atoms with van der Waals surface area (Å²) >= 11 is 0. The quantitative estimate of drug-likeness (QED) is 0.868. The highest BCUT2D eigenvalue weighted by atomic mass is 16.3. The highest BCUT2D eigenvalue weighted by Gasteiger charge is 2.36. The van der Waals surface area contributed by atoms with E-state index in [4.69, 9.17) is 10.2 Å². The molecular weight excluding hydrogens is 250 g/mol. The van der Waals surface area contributed by atoms with Crippen molar-refractivity contribution < 1.29 is 4.42 Å². The first-order chi connectivity index (χ1) is 9.52. The highest BCUT2D eigenvalue weighted by Crippen LogP contribution is 2.33. The Balaban J connectivity index is 2.21. The van der Waals surface area contributed by atoms with Crippen LogP contribution in [-0.4, -0.2) is 49.1 Å². The SMILES string of the molecule is CCC(N)C(c1ccc(C)o1)N1CCCC1CN(C)C. The number of likely N-dealkylation sites (tertiary alicyclic amines) is 1. The molecule has 20 heavy (non-hydrogen) atoms. The third-order valence-corrected chi connectivity index (χ3v) is 4.29. The van der Waals surface area contributed by atoms with E-state index in [9.17, 15) is 0 Å². The number of aryl methyl sites for hydroxylation is 1. The van der Waals surface area contributed by atoms with Gasteiger partial charge in [-0.25, -0.2) is 0 Å². The summed E-state index contributed by atoms with van der Waals surface area (Å²) in [7, 11) is 4.28. The van der Waals surface area contributed by atoms with Crippen LogP contribution in [-0.2, 0) is 0 Å². The number of furan rings is 1. The average Bonchev–Trinajstić information content (AvgIpc) is 2.99. The Bertz CT molecular complexity index is 416. The molecule has 3 unspecified atom stereocenters. The van der Waals surface area contributed by atoms with Gasteiger partial charge in [0.05, 0.1) is 6.04 Å². The average molecular weight is 279 g/mol. The Labute approximate surface area is 122 Å². The Kier molecular flexibility index (Phi) is 5.24. The summed E-state index contributed by atoms with van der Waals surface area (Å²) in [6.45, 7) is 6.37. The third kappa shape index (κ3) is 3.43. The number of rotatable bonds is 6. The summed E-state index contributed by atoms with van der Waals surface area (Å²) in [4.78, 5) is 4.83. The van der Waals surface area contributed by atoms with Gasteiger partial charge in [0.1, 0.15) is 11.5 Å². The molecule has 114 valence electrons. The molecule has 1 aliphatic rings. The van der Waals surface area contributed by atoms with E-state index in [1.54, 1.807) is 0 Å². The number of likely N-dealkylation sites (N-methyl/N-ethyl adjacent to an activating group) is 1. The molecule has 0 amide bonds. The maximum atomic E-state index is 6.42. The normalized spacial score (nSPS) is 23.4. The van der Waals surface area contributed by atoms with Gasteiger partial charge in [-0.3, -0.25) is 4.90 Å². The van der Waals surface area contributed by atoms with Crippen LogP contribution >= 0.6 is 0 Å². The van der Waals surface area contributed by atoms with E-state index in [1.165, 1.54) is 12.8 Å². The largest absolute Gasteiger partial charge is 0.465 e. The van der Waals surface area contributed by atoms with Gasteiger partial charge in [0.15, 0.2) is 0 Å². The van der Waals surface area contributed by atoms with Gasteiger partial charge >= 0.3 is 0 Å². The summed E-state index contributed by atoms with van der Waals surface area (Å²) in [5, 5.41) is 0. The summed E-state index contributed by atoms with van der Waals surface area (Å²) in [5.74, 6) is 2.00. The van der Waals surface area contributed by atoms with Gasteiger partial charge in [0.2, 0.25) is 0 Å². The topological polar surface area (TPSA) is 45.6 Å². The van der Waals surface area contributed by atoms with Crippen molar-refractivity contribution in [1.29, 1.82) is 0 Å². The second-order valence-electron chi connectivity index (χ2n) is 6.26. The van der Waals surface area contributed by atoms with Crippen LogP contribution in [0.15, 0.2) is 16.5 Å². The first-order valence-electron chi connectivity index (χ1n) is 7.75. The molecule has 1 aromatic rings. The summed E-state index contributed by atoms with van der Waals surface area (Å²) in [6.07, 6.45) is 3.48. The van der Waals surface area contributed by atoms with Crippen LogP contribution in [0.4, 0.5) is 0 Å². The van der Waals surface area contributed by atoms with Gasteiger partial charge < -0.3 is 15.1 Å². The molecule has 0 radical (unpaired) electrons. The molecule has 0 aliphatic carbocycles. The third-order valence-electron chi connectivity index (χ3n) is 4.29. The first kappa shape index (κ1) is 15.5. The molecule has 1 aromatic heterocycles. The smallest absolute Gasteiger partial charge is 0.122 e. The summed E-state index contributed by atoms with van der Waals surface area (Å²) in [5.41, 5.74) is 6.42. The Morgan fingerprint density at radius 3 is 2.75 bits per heavy atom. The molecule has 2 N–H and O–H groups in total. The summed E-state index contributed by atoms with van der Waals surface area (Å²) in [6, 6.07) is 5.06. The number of hydrogen-bond acceptors (Lipinski definition) is 4. The lowest BCUT2D eigenvalue weighted by atomic mass is 10.0. The zero-order valence-corrected chi connectivity index (χ0v) is 13.3. The molecule has 2 rings (SSSR count). The van der Waals surface area contributed by atoms with E-state index in [0.29, 0.717) is 6.04 Å². The van der Waals surface area contributed by atoms with Gasteiger partial charge in [-0.1, -0.05) is 6.92 Å². The molecule has 0 aromatic carbocycles. The zero-order chi connectivity index (χ0) is 14.7. The highest BCUT2D eigenvalue weighted by molar-refractivity contribution is 5.13. The lowest BCUT2D eigenvalue weighted by molar-refractivity contribution is 0.115. The van der Waals surface area contributed by atoms with E-state index in [-0.39, 0.29) is 12.1 Å². The second kappa shape index (κ2) is 6.74. The van der Waals surface area contributed by atoms with Crippen molar-refractivity contribution in [3.8, 4) is 0 Å². The first-order valence-corrected chi connectivity index (χ1v) is 7.75. The Morgan fingerprint density at radius 1 is 1.45 bits per heavy atom. The van der Waals surface area contributed by atoms with Crippen molar-refractivity contribution in [3.63, 3.8) is 0 Å².